The van der Waals surface area contributed by atoms with E-state index in [1.807, 2.05) is 18.2 Å². The maximum atomic E-state index is 10.4. The quantitative estimate of drug-likeness (QED) is 0.853. The molecule has 2 aromatic rings. The van der Waals surface area contributed by atoms with E-state index < -0.39 is 5.97 Å². The predicted molar refractivity (Wildman–Crippen MR) is 64.6 cm³/mol. The Bertz CT molecular complexity index is 522. The van der Waals surface area contributed by atoms with E-state index in [0.717, 1.165) is 22.2 Å². The number of hydrogen-bond donors (Lipinski definition) is 2. The van der Waals surface area contributed by atoms with Gasteiger partial charge in [0.1, 0.15) is 0 Å². The van der Waals surface area contributed by atoms with E-state index in [9.17, 15) is 4.79 Å². The lowest BCUT2D eigenvalue weighted by Gasteiger charge is -1.99. The van der Waals surface area contributed by atoms with Gasteiger partial charge in [-0.1, -0.05) is 17.4 Å². The van der Waals surface area contributed by atoms with E-state index >= 15 is 0 Å². The third-order valence-corrected chi connectivity index (χ3v) is 3.17. The van der Waals surface area contributed by atoms with Crippen LogP contribution in [0.2, 0.25) is 0 Å². The predicted octanol–water partition coefficient (Wildman–Crippen LogP) is 2.29. The van der Waals surface area contributed by atoms with Crippen molar-refractivity contribution in [3.63, 3.8) is 0 Å². The van der Waals surface area contributed by atoms with Crippen molar-refractivity contribution < 1.29 is 9.90 Å². The number of hydrogen-bond acceptors (Lipinski definition) is 4. The number of nitrogens with two attached hydrogens (primary N) is 1. The first-order valence-corrected chi connectivity index (χ1v) is 5.83. The summed E-state index contributed by atoms with van der Waals surface area (Å²) in [6.07, 6.45) is 1.65. The van der Waals surface area contributed by atoms with Gasteiger partial charge in [-0.3, -0.25) is 4.79 Å². The Morgan fingerprint density at radius 2 is 2.31 bits per heavy atom. The molecule has 0 amide bonds. The molecule has 0 saturated carbocycles. The molecule has 5 heteroatoms. The smallest absolute Gasteiger partial charge is 0.303 e. The summed E-state index contributed by atoms with van der Waals surface area (Å²) in [6, 6.07) is 5.94. The van der Waals surface area contributed by atoms with Gasteiger partial charge in [0.15, 0.2) is 5.13 Å². The van der Waals surface area contributed by atoms with E-state index in [-0.39, 0.29) is 6.42 Å². The highest BCUT2D eigenvalue weighted by Gasteiger charge is 2.03. The molecule has 16 heavy (non-hydrogen) atoms. The van der Waals surface area contributed by atoms with Gasteiger partial charge in [0, 0.05) is 6.42 Å². The number of nitrogens with zero attached hydrogens (tertiary/aromatic N) is 1. The molecule has 0 unspecified atom stereocenters. The van der Waals surface area contributed by atoms with Gasteiger partial charge in [0.2, 0.25) is 0 Å². The Balaban J connectivity index is 2.10. The number of carboxylic acids is 1. The molecule has 0 radical (unpaired) electrons. The topological polar surface area (TPSA) is 76.2 Å². The number of thiazole rings is 1. The highest BCUT2D eigenvalue weighted by atomic mass is 32.1. The van der Waals surface area contributed by atoms with Crippen LogP contribution in [0.25, 0.3) is 10.2 Å². The molecule has 84 valence electrons. The largest absolute Gasteiger partial charge is 0.481 e. The summed E-state index contributed by atoms with van der Waals surface area (Å²) >= 11 is 1.46. The second kappa shape index (κ2) is 4.49. The Labute approximate surface area is 96.7 Å². The van der Waals surface area contributed by atoms with Crippen LogP contribution in [0.15, 0.2) is 18.2 Å². The van der Waals surface area contributed by atoms with Gasteiger partial charge in [-0.15, -0.1) is 0 Å². The van der Waals surface area contributed by atoms with Crippen molar-refractivity contribution in [2.24, 2.45) is 0 Å². The molecular formula is C11H12N2O2S. The second-order valence-corrected chi connectivity index (χ2v) is 4.66. The molecule has 0 atom stereocenters. The number of fused-ring (bicyclic) bond motifs is 1. The Kier molecular flexibility index (Phi) is 3.05. The summed E-state index contributed by atoms with van der Waals surface area (Å²) in [5.41, 5.74) is 7.65. The molecule has 1 aromatic heterocycles. The van der Waals surface area contributed by atoms with Gasteiger partial charge < -0.3 is 10.8 Å². The summed E-state index contributed by atoms with van der Waals surface area (Å²) in [7, 11) is 0. The molecule has 0 spiro atoms. The lowest BCUT2D eigenvalue weighted by atomic mass is 10.1. The van der Waals surface area contributed by atoms with E-state index in [1.54, 1.807) is 0 Å². The standard InChI is InChI=1S/C11H12N2O2S/c12-11-13-8-5-4-7(6-9(8)16-11)2-1-3-10(14)15/h4-6H,1-3H2,(H2,12,13)(H,14,15). The van der Waals surface area contributed by atoms with E-state index in [0.29, 0.717) is 11.6 Å². The number of anilines is 1. The number of rotatable bonds is 4. The number of carboxylic acid groups (broad SMARTS) is 1. The summed E-state index contributed by atoms with van der Waals surface area (Å²) in [6.45, 7) is 0. The molecule has 0 aliphatic heterocycles. The van der Waals surface area contributed by atoms with Gasteiger partial charge in [0.05, 0.1) is 10.2 Å². The summed E-state index contributed by atoms with van der Waals surface area (Å²) in [5, 5.41) is 9.11. The second-order valence-electron chi connectivity index (χ2n) is 3.60. The van der Waals surface area contributed by atoms with Crippen LogP contribution in [0, 0.1) is 0 Å². The number of carbonyl (C=O) groups is 1. The minimum absolute atomic E-state index is 0.211. The Morgan fingerprint density at radius 3 is 3.06 bits per heavy atom. The molecule has 4 nitrogen and oxygen atoms in total. The molecule has 0 saturated heterocycles. The van der Waals surface area contributed by atoms with Gasteiger partial charge >= 0.3 is 5.97 Å². The SMILES string of the molecule is Nc1nc2ccc(CCCC(=O)O)cc2s1. The van der Waals surface area contributed by atoms with Crippen LogP contribution in [-0.2, 0) is 11.2 Å². The first kappa shape index (κ1) is 10.9. The molecule has 0 fully saturated rings. The van der Waals surface area contributed by atoms with Crippen LogP contribution in [0.1, 0.15) is 18.4 Å². The third-order valence-electron chi connectivity index (χ3n) is 2.33. The molecule has 0 bridgehead atoms. The highest BCUT2D eigenvalue weighted by Crippen LogP contribution is 2.25. The van der Waals surface area contributed by atoms with Crippen LogP contribution in [0.3, 0.4) is 0 Å². The first-order chi connectivity index (χ1) is 7.65. The number of aryl methyl sites for hydroxylation is 1. The van der Waals surface area contributed by atoms with Crippen molar-refractivity contribution >= 4 is 32.7 Å². The Morgan fingerprint density at radius 1 is 1.50 bits per heavy atom. The maximum absolute atomic E-state index is 10.4. The van der Waals surface area contributed by atoms with Crippen molar-refractivity contribution in [3.8, 4) is 0 Å². The van der Waals surface area contributed by atoms with Crippen LogP contribution in [0.4, 0.5) is 5.13 Å². The molecule has 0 aliphatic carbocycles. The van der Waals surface area contributed by atoms with E-state index in [2.05, 4.69) is 4.98 Å². The van der Waals surface area contributed by atoms with Crippen molar-refractivity contribution in [1.82, 2.24) is 4.98 Å². The van der Waals surface area contributed by atoms with Crippen molar-refractivity contribution in [3.05, 3.63) is 23.8 Å². The average Bonchev–Trinajstić information content (AvgIpc) is 2.56. The average molecular weight is 236 g/mol. The molecule has 1 aromatic carbocycles. The molecule has 0 aliphatic rings. The minimum Gasteiger partial charge on any atom is -0.481 e. The fourth-order valence-electron chi connectivity index (χ4n) is 1.59. The van der Waals surface area contributed by atoms with Crippen molar-refractivity contribution in [2.45, 2.75) is 19.3 Å². The molecule has 1 heterocycles. The van der Waals surface area contributed by atoms with Crippen molar-refractivity contribution in [2.75, 3.05) is 5.73 Å². The zero-order valence-corrected chi connectivity index (χ0v) is 9.46. The van der Waals surface area contributed by atoms with Crippen LogP contribution in [-0.4, -0.2) is 16.1 Å². The fourth-order valence-corrected chi connectivity index (χ4v) is 2.38. The summed E-state index contributed by atoms with van der Waals surface area (Å²) in [5.74, 6) is -0.747. The van der Waals surface area contributed by atoms with Crippen LogP contribution in [0.5, 0.6) is 0 Å². The van der Waals surface area contributed by atoms with E-state index in [4.69, 9.17) is 10.8 Å². The Hall–Kier alpha value is -1.62. The molecule has 3 N–H and O–H groups in total. The third kappa shape index (κ3) is 2.49. The van der Waals surface area contributed by atoms with E-state index in [1.165, 1.54) is 11.3 Å². The minimum atomic E-state index is -0.747. The number of benzene rings is 1. The van der Waals surface area contributed by atoms with Gasteiger partial charge in [-0.2, -0.15) is 0 Å². The number of nitrogen functional groups attached to an aromatic ring is 1. The zero-order chi connectivity index (χ0) is 11.5. The first-order valence-electron chi connectivity index (χ1n) is 5.02. The summed E-state index contributed by atoms with van der Waals surface area (Å²) < 4.78 is 1.06. The fraction of sp³-hybridized carbons (Fsp3) is 0.273. The lowest BCUT2D eigenvalue weighted by molar-refractivity contribution is -0.137. The van der Waals surface area contributed by atoms with Crippen LogP contribution >= 0.6 is 11.3 Å². The monoisotopic (exact) mass is 236 g/mol. The highest BCUT2D eigenvalue weighted by molar-refractivity contribution is 7.22. The molecular weight excluding hydrogens is 224 g/mol. The molecule has 2 rings (SSSR count). The lowest BCUT2D eigenvalue weighted by Crippen LogP contribution is -1.95. The van der Waals surface area contributed by atoms with Gasteiger partial charge in [-0.25, -0.2) is 4.98 Å². The normalized spacial score (nSPS) is 10.8. The van der Waals surface area contributed by atoms with Crippen molar-refractivity contribution in [1.29, 1.82) is 0 Å². The number of aromatic nitrogens is 1. The van der Waals surface area contributed by atoms with Gasteiger partial charge in [-0.05, 0) is 30.5 Å². The summed E-state index contributed by atoms with van der Waals surface area (Å²) in [4.78, 5) is 14.5. The zero-order valence-electron chi connectivity index (χ0n) is 8.64. The van der Waals surface area contributed by atoms with Gasteiger partial charge in [0.25, 0.3) is 0 Å². The number of aliphatic carboxylic acids is 1. The maximum Gasteiger partial charge on any atom is 0.303 e. The van der Waals surface area contributed by atoms with Crippen LogP contribution < -0.4 is 5.73 Å².